The van der Waals surface area contributed by atoms with Crippen molar-refractivity contribution in [1.29, 1.82) is 0 Å². The minimum atomic E-state index is -0.822. The molecule has 2 aromatic rings. The lowest BCUT2D eigenvalue weighted by molar-refractivity contribution is 0.0465. The minimum Gasteiger partial charge on any atom is -0.444 e. The van der Waals surface area contributed by atoms with Gasteiger partial charge in [0.05, 0.1) is 6.54 Å². The largest absolute Gasteiger partial charge is 0.444 e. The number of nitrogens with one attached hydrogen (secondary N) is 1. The summed E-state index contributed by atoms with van der Waals surface area (Å²) in [5.74, 6) is 0.901. The number of amides is 1. The van der Waals surface area contributed by atoms with Gasteiger partial charge in [-0.05, 0) is 71.2 Å². The molecule has 0 spiro atoms. The van der Waals surface area contributed by atoms with Gasteiger partial charge >= 0.3 is 6.09 Å². The van der Waals surface area contributed by atoms with Gasteiger partial charge in [0.2, 0.25) is 5.89 Å². The first-order chi connectivity index (χ1) is 13.0. The monoisotopic (exact) mass is 406 g/mol. The van der Waals surface area contributed by atoms with E-state index < -0.39 is 17.2 Å². The number of alkyl carbamates (subject to hydrolysis) is 1. The van der Waals surface area contributed by atoms with Gasteiger partial charge in [-0.1, -0.05) is 16.8 Å². The lowest BCUT2D eigenvalue weighted by Gasteiger charge is -2.30. The van der Waals surface area contributed by atoms with Crippen molar-refractivity contribution in [3.63, 3.8) is 0 Å². The van der Waals surface area contributed by atoms with Gasteiger partial charge in [-0.25, -0.2) is 4.79 Å². The molecule has 3 rings (SSSR count). The third kappa shape index (κ3) is 4.95. The van der Waals surface area contributed by atoms with Gasteiger partial charge in [0, 0.05) is 17.3 Å². The third-order valence-electron chi connectivity index (χ3n) is 4.42. The van der Waals surface area contributed by atoms with Crippen LogP contribution in [0.1, 0.15) is 58.3 Å². The fourth-order valence-electron chi connectivity index (χ4n) is 3.16. The van der Waals surface area contributed by atoms with E-state index in [2.05, 4.69) is 20.4 Å². The lowest BCUT2D eigenvalue weighted by atomic mass is 10.0. The number of fused-ring (bicyclic) bond motifs is 1. The van der Waals surface area contributed by atoms with Crippen LogP contribution in [0.4, 0.5) is 10.5 Å². The van der Waals surface area contributed by atoms with Crippen molar-refractivity contribution in [3.8, 4) is 0 Å². The van der Waals surface area contributed by atoms with E-state index in [1.807, 2.05) is 52.8 Å². The first kappa shape index (κ1) is 20.5. The maximum absolute atomic E-state index is 12.1. The van der Waals surface area contributed by atoms with Crippen LogP contribution in [0.3, 0.4) is 0 Å². The second kappa shape index (κ2) is 7.62. The van der Waals surface area contributed by atoms with Crippen LogP contribution >= 0.6 is 11.6 Å². The van der Waals surface area contributed by atoms with E-state index >= 15 is 0 Å². The Bertz CT molecular complexity index is 857. The van der Waals surface area contributed by atoms with Gasteiger partial charge in [0.15, 0.2) is 5.82 Å². The highest BCUT2D eigenvalue weighted by molar-refractivity contribution is 6.30. The molecule has 0 saturated carbocycles. The van der Waals surface area contributed by atoms with Crippen LogP contribution in [0.25, 0.3) is 0 Å². The summed E-state index contributed by atoms with van der Waals surface area (Å²) < 4.78 is 10.8. The van der Waals surface area contributed by atoms with E-state index in [9.17, 15) is 4.79 Å². The number of rotatable bonds is 4. The molecule has 0 fully saturated rings. The predicted octanol–water partition coefficient (Wildman–Crippen LogP) is 4.44. The highest BCUT2D eigenvalue weighted by Crippen LogP contribution is 2.30. The van der Waals surface area contributed by atoms with Gasteiger partial charge in [0.25, 0.3) is 0 Å². The molecule has 0 saturated heterocycles. The first-order valence-electron chi connectivity index (χ1n) is 9.41. The Hall–Kier alpha value is -2.28. The Morgan fingerprint density at radius 3 is 2.79 bits per heavy atom. The number of benzene rings is 1. The van der Waals surface area contributed by atoms with Crippen LogP contribution in [-0.4, -0.2) is 28.4 Å². The standard InChI is InChI=1S/C20H27ClN4O3/c1-19(2,3)27-18(26)23-20(4,5)17-22-16(28-24-17)12-25-10-6-7-13-11-14(21)8-9-15(13)25/h8-9,11H,6-7,10,12H2,1-5H3,(H,23,26). The molecule has 1 aliphatic heterocycles. The lowest BCUT2D eigenvalue weighted by Crippen LogP contribution is -2.44. The summed E-state index contributed by atoms with van der Waals surface area (Å²) in [5.41, 5.74) is 0.969. The Balaban J connectivity index is 1.70. The van der Waals surface area contributed by atoms with E-state index in [1.165, 1.54) is 5.56 Å². The Morgan fingerprint density at radius 1 is 1.32 bits per heavy atom. The Kier molecular flexibility index (Phi) is 5.57. The van der Waals surface area contributed by atoms with Gasteiger partial charge in [-0.2, -0.15) is 4.98 Å². The molecule has 0 atom stereocenters. The highest BCUT2D eigenvalue weighted by Gasteiger charge is 2.31. The smallest absolute Gasteiger partial charge is 0.408 e. The molecule has 1 aromatic heterocycles. The third-order valence-corrected chi connectivity index (χ3v) is 4.66. The molecule has 0 aliphatic carbocycles. The molecule has 2 heterocycles. The molecule has 1 aliphatic rings. The molecule has 28 heavy (non-hydrogen) atoms. The Morgan fingerprint density at radius 2 is 2.07 bits per heavy atom. The number of carbonyl (C=O) groups excluding carboxylic acids is 1. The number of nitrogens with zero attached hydrogens (tertiary/aromatic N) is 3. The maximum atomic E-state index is 12.1. The molecule has 7 nitrogen and oxygen atoms in total. The van der Waals surface area contributed by atoms with Crippen molar-refractivity contribution in [1.82, 2.24) is 15.5 Å². The number of ether oxygens (including phenoxy) is 1. The van der Waals surface area contributed by atoms with Crippen LogP contribution in [0.2, 0.25) is 5.02 Å². The van der Waals surface area contributed by atoms with Crippen molar-refractivity contribution >= 4 is 23.4 Å². The van der Waals surface area contributed by atoms with E-state index in [0.29, 0.717) is 18.3 Å². The van der Waals surface area contributed by atoms with Crippen LogP contribution < -0.4 is 10.2 Å². The number of hydrogen-bond acceptors (Lipinski definition) is 6. The van der Waals surface area contributed by atoms with Crippen LogP contribution in [0.5, 0.6) is 0 Å². The molecule has 0 unspecified atom stereocenters. The first-order valence-corrected chi connectivity index (χ1v) is 9.79. The molecule has 152 valence electrons. The Labute approximate surface area is 170 Å². The average molecular weight is 407 g/mol. The van der Waals surface area contributed by atoms with E-state index in [-0.39, 0.29) is 0 Å². The van der Waals surface area contributed by atoms with Crippen molar-refractivity contribution in [2.75, 3.05) is 11.4 Å². The van der Waals surface area contributed by atoms with Crippen LogP contribution in [0.15, 0.2) is 22.7 Å². The summed E-state index contributed by atoms with van der Waals surface area (Å²) in [4.78, 5) is 18.8. The topological polar surface area (TPSA) is 80.5 Å². The normalized spacial score (nSPS) is 14.6. The quantitative estimate of drug-likeness (QED) is 0.808. The fourth-order valence-corrected chi connectivity index (χ4v) is 3.35. The van der Waals surface area contributed by atoms with Crippen LogP contribution in [0, 0.1) is 0 Å². The van der Waals surface area contributed by atoms with Gasteiger partial charge in [0.1, 0.15) is 11.1 Å². The molecular formula is C20H27ClN4O3. The molecule has 1 N–H and O–H groups in total. The zero-order valence-electron chi connectivity index (χ0n) is 17.0. The SMILES string of the molecule is CC(C)(C)OC(=O)NC(C)(C)c1noc(CN2CCCc3cc(Cl)ccc32)n1. The summed E-state index contributed by atoms with van der Waals surface area (Å²) in [6, 6.07) is 5.93. The van der Waals surface area contributed by atoms with Gasteiger partial charge in [-0.15, -0.1) is 0 Å². The number of carbonyl (C=O) groups is 1. The number of anilines is 1. The van der Waals surface area contributed by atoms with Crippen molar-refractivity contribution < 1.29 is 14.1 Å². The number of aryl methyl sites for hydroxylation is 1. The summed E-state index contributed by atoms with van der Waals surface area (Å²) in [5, 5.41) is 7.61. The molecule has 0 bridgehead atoms. The molecule has 1 amide bonds. The molecule has 0 radical (unpaired) electrons. The van der Waals surface area contributed by atoms with Crippen molar-refractivity contribution in [3.05, 3.63) is 40.5 Å². The van der Waals surface area contributed by atoms with E-state index in [0.717, 1.165) is 30.1 Å². The summed E-state index contributed by atoms with van der Waals surface area (Å²) in [6.07, 6.45) is 1.53. The van der Waals surface area contributed by atoms with E-state index in [1.54, 1.807) is 0 Å². The minimum absolute atomic E-state index is 0.404. The second-order valence-electron chi connectivity index (χ2n) is 8.56. The predicted molar refractivity (Wildman–Crippen MR) is 108 cm³/mol. The second-order valence-corrected chi connectivity index (χ2v) is 9.00. The molecule has 1 aromatic carbocycles. The molecular weight excluding hydrogens is 380 g/mol. The summed E-state index contributed by atoms with van der Waals surface area (Å²) in [6.45, 7) is 10.5. The summed E-state index contributed by atoms with van der Waals surface area (Å²) in [7, 11) is 0. The number of hydrogen-bond donors (Lipinski definition) is 1. The summed E-state index contributed by atoms with van der Waals surface area (Å²) >= 11 is 6.12. The van der Waals surface area contributed by atoms with Crippen molar-refractivity contribution in [2.45, 2.75) is 65.1 Å². The molecule has 8 heteroatoms. The fraction of sp³-hybridized carbons (Fsp3) is 0.550. The maximum Gasteiger partial charge on any atom is 0.408 e. The van der Waals surface area contributed by atoms with Crippen LogP contribution in [-0.2, 0) is 23.2 Å². The highest BCUT2D eigenvalue weighted by atomic mass is 35.5. The zero-order valence-corrected chi connectivity index (χ0v) is 17.8. The zero-order chi connectivity index (χ0) is 20.5. The number of aromatic nitrogens is 2. The number of halogens is 1. The van der Waals surface area contributed by atoms with Gasteiger partial charge < -0.3 is 19.5 Å². The van der Waals surface area contributed by atoms with Gasteiger partial charge in [-0.3, -0.25) is 0 Å². The van der Waals surface area contributed by atoms with Crippen molar-refractivity contribution in [2.24, 2.45) is 0 Å². The van der Waals surface area contributed by atoms with E-state index in [4.69, 9.17) is 20.9 Å². The average Bonchev–Trinajstić information content (AvgIpc) is 3.02.